The number of imidazole rings is 1. The van der Waals surface area contributed by atoms with E-state index in [1.165, 1.54) is 5.56 Å². The summed E-state index contributed by atoms with van der Waals surface area (Å²) < 4.78 is 7.28. The summed E-state index contributed by atoms with van der Waals surface area (Å²) in [7, 11) is 1.62. The number of hydrogen-bond acceptors (Lipinski definition) is 4. The van der Waals surface area contributed by atoms with Crippen LogP contribution in [0.4, 0.5) is 0 Å². The van der Waals surface area contributed by atoms with Crippen molar-refractivity contribution in [2.45, 2.75) is 32.2 Å². The third-order valence-electron chi connectivity index (χ3n) is 5.18. The smallest absolute Gasteiger partial charge is 0.279 e. The van der Waals surface area contributed by atoms with E-state index in [2.05, 4.69) is 41.2 Å². The Labute approximate surface area is 169 Å². The Morgan fingerprint density at radius 3 is 2.76 bits per heavy atom. The van der Waals surface area contributed by atoms with Crippen LogP contribution in [0.3, 0.4) is 0 Å². The van der Waals surface area contributed by atoms with Crippen molar-refractivity contribution in [1.29, 1.82) is 0 Å². The molecule has 0 radical (unpaired) electrons. The molecule has 0 amide bonds. The number of rotatable bonds is 7. The predicted octanol–water partition coefficient (Wildman–Crippen LogP) is 4.38. The molecule has 0 saturated carbocycles. The third kappa shape index (κ3) is 4.06. The first kappa shape index (κ1) is 18.9. The van der Waals surface area contributed by atoms with Crippen molar-refractivity contribution in [3.8, 4) is 17.1 Å². The topological polar surface area (TPSA) is 72.8 Å². The highest BCUT2D eigenvalue weighted by Gasteiger charge is 2.15. The lowest BCUT2D eigenvalue weighted by atomic mass is 10.1. The number of nitrogens with zero attached hydrogens (tertiary/aromatic N) is 3. The molecule has 29 heavy (non-hydrogen) atoms. The summed E-state index contributed by atoms with van der Waals surface area (Å²) in [6.07, 6.45) is 4.77. The lowest BCUT2D eigenvalue weighted by Crippen LogP contribution is -2.12. The molecule has 0 aliphatic carbocycles. The van der Waals surface area contributed by atoms with E-state index in [1.807, 2.05) is 34.9 Å². The molecule has 0 bridgehead atoms. The highest BCUT2D eigenvalue weighted by molar-refractivity contribution is 5.73. The van der Waals surface area contributed by atoms with E-state index < -0.39 is 0 Å². The largest absolute Gasteiger partial charge is 0.497 e. The Kier molecular flexibility index (Phi) is 5.42. The van der Waals surface area contributed by atoms with Gasteiger partial charge in [-0.3, -0.25) is 4.79 Å². The van der Waals surface area contributed by atoms with Gasteiger partial charge in [0.25, 0.3) is 5.56 Å². The van der Waals surface area contributed by atoms with Gasteiger partial charge in [-0.2, -0.15) is 0 Å². The molecule has 0 spiro atoms. The molecule has 1 N–H and O–H groups in total. The SMILES string of the molecule is COc1cccc(-c2nc3c(ncn3C(C)CCCc3ccccc3)c(=O)[nH]2)c1. The van der Waals surface area contributed by atoms with Crippen molar-refractivity contribution in [1.82, 2.24) is 19.5 Å². The van der Waals surface area contributed by atoms with Crippen LogP contribution in [0.5, 0.6) is 5.75 Å². The van der Waals surface area contributed by atoms with Crippen LogP contribution in [0.25, 0.3) is 22.6 Å². The average molecular weight is 388 g/mol. The fourth-order valence-electron chi connectivity index (χ4n) is 3.54. The van der Waals surface area contributed by atoms with Gasteiger partial charge in [0.1, 0.15) is 11.6 Å². The van der Waals surface area contributed by atoms with Crippen LogP contribution in [0.2, 0.25) is 0 Å². The van der Waals surface area contributed by atoms with E-state index in [0.717, 1.165) is 24.8 Å². The number of methoxy groups -OCH3 is 1. The maximum Gasteiger partial charge on any atom is 0.279 e. The molecule has 2 aromatic heterocycles. The predicted molar refractivity (Wildman–Crippen MR) is 114 cm³/mol. The molecule has 0 saturated heterocycles. The van der Waals surface area contributed by atoms with E-state index in [1.54, 1.807) is 13.4 Å². The van der Waals surface area contributed by atoms with E-state index in [0.29, 0.717) is 22.7 Å². The van der Waals surface area contributed by atoms with Gasteiger partial charge in [-0.05, 0) is 43.9 Å². The molecule has 0 aliphatic rings. The Balaban J connectivity index is 1.59. The fourth-order valence-corrected chi connectivity index (χ4v) is 3.54. The first-order valence-corrected chi connectivity index (χ1v) is 9.81. The minimum Gasteiger partial charge on any atom is -0.497 e. The quantitative estimate of drug-likeness (QED) is 0.510. The molecule has 6 nitrogen and oxygen atoms in total. The Morgan fingerprint density at radius 2 is 1.97 bits per heavy atom. The van der Waals surface area contributed by atoms with Crippen molar-refractivity contribution in [3.05, 3.63) is 76.8 Å². The van der Waals surface area contributed by atoms with Gasteiger partial charge < -0.3 is 14.3 Å². The Bertz CT molecular complexity index is 1160. The van der Waals surface area contributed by atoms with Crippen molar-refractivity contribution in [2.24, 2.45) is 0 Å². The highest BCUT2D eigenvalue weighted by atomic mass is 16.5. The van der Waals surface area contributed by atoms with Gasteiger partial charge in [-0.25, -0.2) is 9.97 Å². The summed E-state index contributed by atoms with van der Waals surface area (Å²) in [6.45, 7) is 2.14. The van der Waals surface area contributed by atoms with Crippen LogP contribution in [0.1, 0.15) is 31.4 Å². The third-order valence-corrected chi connectivity index (χ3v) is 5.18. The van der Waals surface area contributed by atoms with E-state index >= 15 is 0 Å². The maximum absolute atomic E-state index is 12.6. The van der Waals surface area contributed by atoms with Crippen LogP contribution in [0, 0.1) is 0 Å². The summed E-state index contributed by atoms with van der Waals surface area (Å²) in [5.41, 5.74) is 2.88. The van der Waals surface area contributed by atoms with Crippen LogP contribution in [0.15, 0.2) is 65.7 Å². The Hall–Kier alpha value is -3.41. The molecule has 4 rings (SSSR count). The summed E-state index contributed by atoms with van der Waals surface area (Å²) in [6, 6.07) is 18.2. The van der Waals surface area contributed by atoms with Gasteiger partial charge in [0.15, 0.2) is 11.2 Å². The molecular weight excluding hydrogens is 364 g/mol. The molecule has 2 aromatic carbocycles. The number of H-pyrrole nitrogens is 1. The van der Waals surface area contributed by atoms with Crippen LogP contribution >= 0.6 is 0 Å². The monoisotopic (exact) mass is 388 g/mol. The average Bonchev–Trinajstić information content (AvgIpc) is 3.19. The summed E-state index contributed by atoms with van der Waals surface area (Å²) in [5.74, 6) is 1.23. The molecule has 1 unspecified atom stereocenters. The number of hydrogen-bond donors (Lipinski definition) is 1. The number of benzene rings is 2. The number of aromatic nitrogens is 4. The van der Waals surface area contributed by atoms with Gasteiger partial charge in [0, 0.05) is 11.6 Å². The summed E-state index contributed by atoms with van der Waals surface area (Å²) >= 11 is 0. The van der Waals surface area contributed by atoms with E-state index in [9.17, 15) is 4.79 Å². The minimum atomic E-state index is -0.233. The number of aromatic amines is 1. The van der Waals surface area contributed by atoms with E-state index in [4.69, 9.17) is 9.72 Å². The zero-order chi connectivity index (χ0) is 20.2. The lowest BCUT2D eigenvalue weighted by Gasteiger charge is -2.14. The van der Waals surface area contributed by atoms with Crippen molar-refractivity contribution >= 4 is 11.2 Å². The minimum absolute atomic E-state index is 0.191. The van der Waals surface area contributed by atoms with Gasteiger partial charge in [-0.15, -0.1) is 0 Å². The van der Waals surface area contributed by atoms with Crippen molar-refractivity contribution in [3.63, 3.8) is 0 Å². The summed E-state index contributed by atoms with van der Waals surface area (Å²) in [4.78, 5) is 24.4. The number of nitrogens with one attached hydrogen (secondary N) is 1. The van der Waals surface area contributed by atoms with Crippen LogP contribution < -0.4 is 10.3 Å². The van der Waals surface area contributed by atoms with Crippen LogP contribution in [-0.2, 0) is 6.42 Å². The maximum atomic E-state index is 12.6. The molecule has 1 atom stereocenters. The standard InChI is InChI=1S/C23H24N4O2/c1-16(8-6-11-17-9-4-3-5-10-17)27-15-24-20-22(27)25-21(26-23(20)28)18-12-7-13-19(14-18)29-2/h3-5,7,9-10,12-16H,6,8,11H2,1-2H3,(H,25,26,28). The van der Waals surface area contributed by atoms with Crippen molar-refractivity contribution in [2.75, 3.05) is 7.11 Å². The molecule has 4 aromatic rings. The molecule has 0 fully saturated rings. The number of ether oxygens (including phenoxy) is 1. The molecule has 6 heteroatoms. The van der Waals surface area contributed by atoms with Gasteiger partial charge in [0.05, 0.1) is 13.4 Å². The Morgan fingerprint density at radius 1 is 1.14 bits per heavy atom. The normalized spacial score (nSPS) is 12.2. The molecule has 148 valence electrons. The molecular formula is C23H24N4O2. The first-order chi connectivity index (χ1) is 14.2. The molecule has 0 aliphatic heterocycles. The second kappa shape index (κ2) is 8.31. The van der Waals surface area contributed by atoms with Crippen LogP contribution in [-0.4, -0.2) is 26.6 Å². The first-order valence-electron chi connectivity index (χ1n) is 9.81. The van der Waals surface area contributed by atoms with Gasteiger partial charge in [0.2, 0.25) is 0 Å². The second-order valence-corrected chi connectivity index (χ2v) is 7.20. The number of aryl methyl sites for hydroxylation is 1. The number of fused-ring (bicyclic) bond motifs is 1. The van der Waals surface area contributed by atoms with Gasteiger partial charge >= 0.3 is 0 Å². The van der Waals surface area contributed by atoms with E-state index in [-0.39, 0.29) is 11.6 Å². The zero-order valence-electron chi connectivity index (χ0n) is 16.6. The lowest BCUT2D eigenvalue weighted by molar-refractivity contribution is 0.415. The summed E-state index contributed by atoms with van der Waals surface area (Å²) in [5, 5.41) is 0. The van der Waals surface area contributed by atoms with Gasteiger partial charge in [-0.1, -0.05) is 42.5 Å². The molecule has 2 heterocycles. The highest BCUT2D eigenvalue weighted by Crippen LogP contribution is 2.23. The fraction of sp³-hybridized carbons (Fsp3) is 0.261. The zero-order valence-corrected chi connectivity index (χ0v) is 16.6. The second-order valence-electron chi connectivity index (χ2n) is 7.20. The van der Waals surface area contributed by atoms with Crippen molar-refractivity contribution < 1.29 is 4.74 Å².